The first kappa shape index (κ1) is 27.5. The highest BCUT2D eigenvalue weighted by Crippen LogP contribution is 2.43. The zero-order valence-electron chi connectivity index (χ0n) is 22.9. The Balaban J connectivity index is 1.91. The van der Waals surface area contributed by atoms with Crippen molar-refractivity contribution in [3.8, 4) is 5.75 Å². The van der Waals surface area contributed by atoms with Gasteiger partial charge < -0.3 is 9.84 Å². The summed E-state index contributed by atoms with van der Waals surface area (Å²) < 4.78 is 5.22. The second kappa shape index (κ2) is 9.95. The van der Waals surface area contributed by atoms with E-state index in [1.54, 1.807) is 12.1 Å². The van der Waals surface area contributed by atoms with Crippen LogP contribution in [0.5, 0.6) is 5.75 Å². The molecule has 0 aromatic heterocycles. The minimum atomic E-state index is -0.814. The van der Waals surface area contributed by atoms with Crippen LogP contribution in [0.3, 0.4) is 0 Å². The molecule has 0 bridgehead atoms. The van der Waals surface area contributed by atoms with Crippen LogP contribution in [0.1, 0.15) is 69.8 Å². The van der Waals surface area contributed by atoms with Crippen molar-refractivity contribution in [2.45, 2.75) is 58.4 Å². The maximum atomic E-state index is 13.5. The second-order valence-electron chi connectivity index (χ2n) is 11.7. The highest BCUT2D eigenvalue weighted by Gasteiger charge is 2.47. The zero-order valence-corrected chi connectivity index (χ0v) is 23.7. The Morgan fingerprint density at radius 2 is 1.37 bits per heavy atom. The van der Waals surface area contributed by atoms with E-state index in [1.165, 1.54) is 18.1 Å². The van der Waals surface area contributed by atoms with Crippen LogP contribution in [-0.2, 0) is 20.4 Å². The SMILES string of the molecule is COc1ccc(/C(O)=C2/C(=O)C(=O)N(c3ccc(C(C)(C)C)cc3)C2c2ccc(C(C)(C)C)cc2)cc1Cl. The number of benzene rings is 3. The summed E-state index contributed by atoms with van der Waals surface area (Å²) in [7, 11) is 1.50. The molecule has 0 spiro atoms. The standard InChI is InChI=1S/C32H34ClNO4/c1-31(2,3)21-11-8-19(9-12-21)27-26(28(35)20-10-17-25(38-7)24(33)18-20)29(36)30(37)34(27)23-15-13-22(14-16-23)32(4,5)6/h8-18,27,35H,1-7H3/b28-26-. The van der Waals surface area contributed by atoms with Crippen molar-refractivity contribution >= 4 is 34.7 Å². The number of Topliss-reactive ketones (excluding diaryl/α,β-unsaturated/α-hetero) is 1. The third kappa shape index (κ3) is 5.08. The van der Waals surface area contributed by atoms with Crippen molar-refractivity contribution in [2.24, 2.45) is 0 Å². The molecule has 1 heterocycles. The summed E-state index contributed by atoms with van der Waals surface area (Å²) in [5, 5.41) is 11.7. The maximum Gasteiger partial charge on any atom is 0.300 e. The number of nitrogens with zero attached hydrogens (tertiary/aromatic N) is 1. The normalized spacial score (nSPS) is 17.7. The maximum absolute atomic E-state index is 13.5. The van der Waals surface area contributed by atoms with Gasteiger partial charge in [0.2, 0.25) is 0 Å². The summed E-state index contributed by atoms with van der Waals surface area (Å²) in [6.07, 6.45) is 0. The summed E-state index contributed by atoms with van der Waals surface area (Å²) >= 11 is 6.31. The molecule has 1 amide bonds. The van der Waals surface area contributed by atoms with Crippen LogP contribution in [0.15, 0.2) is 72.3 Å². The predicted molar refractivity (Wildman–Crippen MR) is 153 cm³/mol. The molecule has 3 aromatic carbocycles. The van der Waals surface area contributed by atoms with Gasteiger partial charge in [0.15, 0.2) is 0 Å². The fourth-order valence-corrected chi connectivity index (χ4v) is 4.93. The quantitative estimate of drug-likeness (QED) is 0.214. The average Bonchev–Trinajstić information content (AvgIpc) is 3.13. The predicted octanol–water partition coefficient (Wildman–Crippen LogP) is 7.57. The van der Waals surface area contributed by atoms with Gasteiger partial charge in [-0.3, -0.25) is 14.5 Å². The fraction of sp³-hybridized carbons (Fsp3) is 0.312. The van der Waals surface area contributed by atoms with E-state index in [0.29, 0.717) is 17.0 Å². The largest absolute Gasteiger partial charge is 0.507 e. The Labute approximate surface area is 229 Å². The van der Waals surface area contributed by atoms with E-state index < -0.39 is 17.7 Å². The summed E-state index contributed by atoms with van der Waals surface area (Å²) in [4.78, 5) is 28.4. The lowest BCUT2D eigenvalue weighted by Crippen LogP contribution is -2.29. The van der Waals surface area contributed by atoms with Crippen molar-refractivity contribution in [3.63, 3.8) is 0 Å². The highest BCUT2D eigenvalue weighted by atomic mass is 35.5. The molecule has 5 nitrogen and oxygen atoms in total. The first-order valence-electron chi connectivity index (χ1n) is 12.6. The van der Waals surface area contributed by atoms with Gasteiger partial charge in [-0.2, -0.15) is 0 Å². The first-order chi connectivity index (χ1) is 17.7. The molecule has 1 aliphatic rings. The van der Waals surface area contributed by atoms with Gasteiger partial charge in [-0.25, -0.2) is 0 Å². The van der Waals surface area contributed by atoms with Crippen LogP contribution >= 0.6 is 11.6 Å². The number of hydrogen-bond acceptors (Lipinski definition) is 4. The summed E-state index contributed by atoms with van der Waals surface area (Å²) in [5.74, 6) is -1.29. The first-order valence-corrected chi connectivity index (χ1v) is 13.0. The van der Waals surface area contributed by atoms with E-state index in [-0.39, 0.29) is 27.2 Å². The van der Waals surface area contributed by atoms with Gasteiger partial charge >= 0.3 is 0 Å². The molecule has 4 rings (SSSR count). The lowest BCUT2D eigenvalue weighted by Gasteiger charge is -2.27. The smallest absolute Gasteiger partial charge is 0.300 e. The van der Waals surface area contributed by atoms with Crippen LogP contribution in [0.2, 0.25) is 5.02 Å². The minimum absolute atomic E-state index is 0.0136. The fourth-order valence-electron chi connectivity index (χ4n) is 4.67. The lowest BCUT2D eigenvalue weighted by molar-refractivity contribution is -0.132. The van der Waals surface area contributed by atoms with Gasteiger partial charge in [-0.1, -0.05) is 89.5 Å². The molecule has 38 heavy (non-hydrogen) atoms. The minimum Gasteiger partial charge on any atom is -0.507 e. The molecule has 1 fully saturated rings. The van der Waals surface area contributed by atoms with Crippen LogP contribution in [0, 0.1) is 0 Å². The number of anilines is 1. The molecular weight excluding hydrogens is 498 g/mol. The molecule has 198 valence electrons. The molecule has 0 aliphatic carbocycles. The highest BCUT2D eigenvalue weighted by molar-refractivity contribution is 6.51. The Morgan fingerprint density at radius 1 is 0.842 bits per heavy atom. The summed E-state index contributed by atoms with van der Waals surface area (Å²) in [6, 6.07) is 19.4. The number of aliphatic hydroxyl groups is 1. The summed E-state index contributed by atoms with van der Waals surface area (Å²) in [5.41, 5.74) is 3.74. The van der Waals surface area contributed by atoms with E-state index >= 15 is 0 Å². The number of hydrogen-bond donors (Lipinski definition) is 1. The van der Waals surface area contributed by atoms with Gasteiger partial charge in [0, 0.05) is 11.3 Å². The number of amides is 1. The molecule has 1 N–H and O–H groups in total. The number of carbonyl (C=O) groups is 2. The molecule has 1 atom stereocenters. The van der Waals surface area contributed by atoms with Crippen molar-refractivity contribution in [3.05, 3.63) is 99.6 Å². The number of ketones is 1. The number of halogens is 1. The third-order valence-electron chi connectivity index (χ3n) is 6.97. The number of methoxy groups -OCH3 is 1. The topological polar surface area (TPSA) is 66.8 Å². The van der Waals surface area contributed by atoms with Crippen molar-refractivity contribution in [1.82, 2.24) is 0 Å². The molecule has 0 saturated carbocycles. The zero-order chi connectivity index (χ0) is 28.0. The molecule has 1 saturated heterocycles. The molecule has 6 heteroatoms. The van der Waals surface area contributed by atoms with Crippen LogP contribution in [-0.4, -0.2) is 23.9 Å². The van der Waals surface area contributed by atoms with E-state index in [0.717, 1.165) is 16.7 Å². The molecule has 0 radical (unpaired) electrons. The summed E-state index contributed by atoms with van der Waals surface area (Å²) in [6.45, 7) is 12.7. The van der Waals surface area contributed by atoms with Crippen molar-refractivity contribution in [2.75, 3.05) is 12.0 Å². The third-order valence-corrected chi connectivity index (χ3v) is 7.27. The number of ether oxygens (including phenoxy) is 1. The van der Waals surface area contributed by atoms with Crippen LogP contribution in [0.4, 0.5) is 5.69 Å². The van der Waals surface area contributed by atoms with E-state index in [2.05, 4.69) is 41.5 Å². The number of rotatable bonds is 4. The van der Waals surface area contributed by atoms with Crippen LogP contribution in [0.25, 0.3) is 5.76 Å². The number of carbonyl (C=O) groups excluding carboxylic acids is 2. The molecule has 1 unspecified atom stereocenters. The van der Waals surface area contributed by atoms with Gasteiger partial charge in [0.1, 0.15) is 11.5 Å². The monoisotopic (exact) mass is 531 g/mol. The Hall–Kier alpha value is -3.57. The lowest BCUT2D eigenvalue weighted by atomic mass is 9.85. The van der Waals surface area contributed by atoms with E-state index in [4.69, 9.17) is 16.3 Å². The molecule has 3 aromatic rings. The second-order valence-corrected chi connectivity index (χ2v) is 12.1. The average molecular weight is 532 g/mol. The Morgan fingerprint density at radius 3 is 1.84 bits per heavy atom. The molecular formula is C32H34ClNO4. The van der Waals surface area contributed by atoms with E-state index in [9.17, 15) is 14.7 Å². The van der Waals surface area contributed by atoms with Gasteiger partial charge in [0.25, 0.3) is 11.7 Å². The van der Waals surface area contributed by atoms with Gasteiger partial charge in [-0.05, 0) is 57.9 Å². The Bertz CT molecular complexity index is 1410. The molecule has 1 aliphatic heterocycles. The Kier molecular flexibility index (Phi) is 7.19. The van der Waals surface area contributed by atoms with Gasteiger partial charge in [0.05, 0.1) is 23.7 Å². The van der Waals surface area contributed by atoms with Crippen molar-refractivity contribution < 1.29 is 19.4 Å². The number of aliphatic hydroxyl groups excluding tert-OH is 1. The van der Waals surface area contributed by atoms with Gasteiger partial charge in [-0.15, -0.1) is 0 Å². The van der Waals surface area contributed by atoms with E-state index in [1.807, 2.05) is 48.5 Å². The van der Waals surface area contributed by atoms with Crippen LogP contribution < -0.4 is 9.64 Å². The van der Waals surface area contributed by atoms with Crippen molar-refractivity contribution in [1.29, 1.82) is 0 Å².